The molecule has 0 bridgehead atoms. The van der Waals surface area contributed by atoms with Crippen LogP contribution in [-0.4, -0.2) is 10.9 Å². The van der Waals surface area contributed by atoms with E-state index in [2.05, 4.69) is 26.2 Å². The number of anilines is 1. The maximum Gasteiger partial charge on any atom is 0.229 e. The third kappa shape index (κ3) is 3.71. The van der Waals surface area contributed by atoms with E-state index in [0.29, 0.717) is 5.13 Å². The lowest BCUT2D eigenvalue weighted by atomic mass is 9.89. The largest absolute Gasteiger partial charge is 0.302 e. The second-order valence-electron chi connectivity index (χ2n) is 5.37. The number of hydrogen-bond donors (Lipinski definition) is 1. The van der Waals surface area contributed by atoms with Crippen molar-refractivity contribution in [3.63, 3.8) is 0 Å². The molecule has 0 saturated heterocycles. The molecule has 1 fully saturated rings. The predicted molar refractivity (Wildman–Crippen MR) is 90.5 cm³/mol. The molecule has 1 N–H and O–H groups in total. The molecule has 5 heteroatoms. The van der Waals surface area contributed by atoms with Crippen molar-refractivity contribution < 1.29 is 4.79 Å². The molecule has 21 heavy (non-hydrogen) atoms. The molecule has 2 aromatic rings. The minimum atomic E-state index is 0.131. The summed E-state index contributed by atoms with van der Waals surface area (Å²) in [5, 5.41) is 5.66. The molecule has 1 heterocycles. The Bertz CT molecular complexity index is 617. The normalized spacial score (nSPS) is 15.9. The average molecular weight is 365 g/mol. The summed E-state index contributed by atoms with van der Waals surface area (Å²) in [6, 6.07) is 8.03. The predicted octanol–water partition coefficient (Wildman–Crippen LogP) is 5.09. The van der Waals surface area contributed by atoms with Crippen LogP contribution in [0, 0.1) is 5.92 Å². The number of rotatable bonds is 3. The highest BCUT2D eigenvalue weighted by Gasteiger charge is 2.21. The van der Waals surface area contributed by atoms with E-state index >= 15 is 0 Å². The van der Waals surface area contributed by atoms with Crippen LogP contribution in [0.25, 0.3) is 11.3 Å². The first-order valence-electron chi connectivity index (χ1n) is 7.25. The summed E-state index contributed by atoms with van der Waals surface area (Å²) in [5.74, 6) is 0.296. The zero-order valence-electron chi connectivity index (χ0n) is 11.6. The zero-order chi connectivity index (χ0) is 14.7. The smallest absolute Gasteiger partial charge is 0.229 e. The Morgan fingerprint density at radius 2 is 1.90 bits per heavy atom. The minimum absolute atomic E-state index is 0.131. The zero-order valence-corrected chi connectivity index (χ0v) is 14.0. The van der Waals surface area contributed by atoms with Gasteiger partial charge in [-0.25, -0.2) is 4.98 Å². The number of amides is 1. The molecule has 110 valence electrons. The second kappa shape index (κ2) is 6.71. The van der Waals surface area contributed by atoms with Crippen LogP contribution in [0.4, 0.5) is 5.13 Å². The van der Waals surface area contributed by atoms with E-state index in [1.54, 1.807) is 0 Å². The molecule has 1 saturated carbocycles. The van der Waals surface area contributed by atoms with E-state index in [4.69, 9.17) is 0 Å². The van der Waals surface area contributed by atoms with Gasteiger partial charge in [-0.05, 0) is 25.0 Å². The number of halogens is 1. The van der Waals surface area contributed by atoms with Gasteiger partial charge >= 0.3 is 0 Å². The van der Waals surface area contributed by atoms with Gasteiger partial charge in [0, 0.05) is 21.3 Å². The van der Waals surface area contributed by atoms with Crippen molar-refractivity contribution in [2.24, 2.45) is 5.92 Å². The van der Waals surface area contributed by atoms with Gasteiger partial charge < -0.3 is 5.32 Å². The van der Waals surface area contributed by atoms with Gasteiger partial charge in [-0.2, -0.15) is 0 Å². The second-order valence-corrected chi connectivity index (χ2v) is 7.14. The molecule has 1 aliphatic rings. The number of aromatic nitrogens is 1. The molecule has 3 rings (SSSR count). The van der Waals surface area contributed by atoms with Crippen molar-refractivity contribution in [2.45, 2.75) is 32.1 Å². The molecule has 0 aliphatic heterocycles. The van der Waals surface area contributed by atoms with Crippen LogP contribution in [0.2, 0.25) is 0 Å². The summed E-state index contributed by atoms with van der Waals surface area (Å²) in [6.45, 7) is 0. The highest BCUT2D eigenvalue weighted by molar-refractivity contribution is 9.10. The number of benzene rings is 1. The highest BCUT2D eigenvalue weighted by Crippen LogP contribution is 2.28. The van der Waals surface area contributed by atoms with Crippen LogP contribution in [-0.2, 0) is 4.79 Å². The van der Waals surface area contributed by atoms with Gasteiger partial charge in [0.25, 0.3) is 0 Å². The van der Waals surface area contributed by atoms with Crippen molar-refractivity contribution in [1.29, 1.82) is 0 Å². The molecular formula is C16H17BrN2OS. The quantitative estimate of drug-likeness (QED) is 0.823. The lowest BCUT2D eigenvalue weighted by Gasteiger charge is -2.19. The van der Waals surface area contributed by atoms with Crippen LogP contribution < -0.4 is 5.32 Å². The molecule has 1 amide bonds. The lowest BCUT2D eigenvalue weighted by Crippen LogP contribution is -2.24. The van der Waals surface area contributed by atoms with Gasteiger partial charge in [0.05, 0.1) is 5.69 Å². The minimum Gasteiger partial charge on any atom is -0.302 e. The summed E-state index contributed by atoms with van der Waals surface area (Å²) in [6.07, 6.45) is 5.61. The maximum atomic E-state index is 12.2. The first-order valence-corrected chi connectivity index (χ1v) is 8.92. The van der Waals surface area contributed by atoms with Crippen LogP contribution in [0.1, 0.15) is 32.1 Å². The van der Waals surface area contributed by atoms with Gasteiger partial charge in [-0.3, -0.25) is 4.79 Å². The summed E-state index contributed by atoms with van der Waals surface area (Å²) >= 11 is 4.91. The number of nitrogens with zero attached hydrogens (tertiary/aromatic N) is 1. The van der Waals surface area contributed by atoms with Gasteiger partial charge in [0.15, 0.2) is 5.13 Å². The number of nitrogens with one attached hydrogen (secondary N) is 1. The number of hydrogen-bond acceptors (Lipinski definition) is 3. The monoisotopic (exact) mass is 364 g/mol. The van der Waals surface area contributed by atoms with Crippen molar-refractivity contribution in [3.05, 3.63) is 34.1 Å². The fourth-order valence-corrected chi connectivity index (χ4v) is 3.64. The third-order valence-corrected chi connectivity index (χ3v) is 5.14. The summed E-state index contributed by atoms with van der Waals surface area (Å²) < 4.78 is 1.05. The fraction of sp³-hybridized carbons (Fsp3) is 0.375. The van der Waals surface area contributed by atoms with Gasteiger partial charge in [0.2, 0.25) is 5.91 Å². The highest BCUT2D eigenvalue weighted by atomic mass is 79.9. The van der Waals surface area contributed by atoms with E-state index in [-0.39, 0.29) is 11.8 Å². The van der Waals surface area contributed by atoms with E-state index in [1.165, 1.54) is 30.6 Å². The molecule has 0 atom stereocenters. The Hall–Kier alpha value is -1.20. The molecule has 0 unspecified atom stereocenters. The standard InChI is InChI=1S/C16H17BrN2OS/c17-13-8-6-11(7-9-13)14-10-21-16(18-14)19-15(20)12-4-2-1-3-5-12/h6-10,12H,1-5H2,(H,18,19,20). The molecule has 1 aliphatic carbocycles. The topological polar surface area (TPSA) is 42.0 Å². The Labute approximate surface area is 136 Å². The van der Waals surface area contributed by atoms with Crippen molar-refractivity contribution in [1.82, 2.24) is 4.98 Å². The van der Waals surface area contributed by atoms with E-state index in [1.807, 2.05) is 29.6 Å². The maximum absolute atomic E-state index is 12.2. The fourth-order valence-electron chi connectivity index (χ4n) is 2.66. The Morgan fingerprint density at radius 3 is 2.62 bits per heavy atom. The summed E-state index contributed by atoms with van der Waals surface area (Å²) in [7, 11) is 0. The molecule has 0 radical (unpaired) electrons. The number of thiazole rings is 1. The van der Waals surface area contributed by atoms with E-state index < -0.39 is 0 Å². The SMILES string of the molecule is O=C(Nc1nc(-c2ccc(Br)cc2)cs1)C1CCCCC1. The van der Waals surface area contributed by atoms with Crippen LogP contribution >= 0.6 is 27.3 Å². The van der Waals surface area contributed by atoms with Gasteiger partial charge in [-0.1, -0.05) is 47.3 Å². The van der Waals surface area contributed by atoms with Crippen LogP contribution in [0.15, 0.2) is 34.1 Å². The van der Waals surface area contributed by atoms with E-state index in [0.717, 1.165) is 28.6 Å². The Kier molecular flexibility index (Phi) is 4.70. The van der Waals surface area contributed by atoms with E-state index in [9.17, 15) is 4.79 Å². The average Bonchev–Trinajstić information content (AvgIpc) is 2.97. The van der Waals surface area contributed by atoms with Crippen LogP contribution in [0.5, 0.6) is 0 Å². The van der Waals surface area contributed by atoms with Crippen molar-refractivity contribution in [2.75, 3.05) is 5.32 Å². The molecule has 1 aromatic carbocycles. The summed E-state index contributed by atoms with van der Waals surface area (Å²) in [5.41, 5.74) is 1.97. The van der Waals surface area contributed by atoms with Crippen LogP contribution in [0.3, 0.4) is 0 Å². The van der Waals surface area contributed by atoms with Crippen molar-refractivity contribution >= 4 is 38.3 Å². The van der Waals surface area contributed by atoms with Gasteiger partial charge in [0.1, 0.15) is 0 Å². The third-order valence-electron chi connectivity index (χ3n) is 3.85. The molecule has 1 aromatic heterocycles. The molecule has 3 nitrogen and oxygen atoms in total. The number of carbonyl (C=O) groups is 1. The molecular weight excluding hydrogens is 348 g/mol. The lowest BCUT2D eigenvalue weighted by molar-refractivity contribution is -0.120. The first kappa shape index (κ1) is 14.7. The first-order chi connectivity index (χ1) is 10.2. The van der Waals surface area contributed by atoms with Gasteiger partial charge in [-0.15, -0.1) is 11.3 Å². The summed E-state index contributed by atoms with van der Waals surface area (Å²) in [4.78, 5) is 16.7. The Balaban J connectivity index is 1.67. The molecule has 0 spiro atoms. The Morgan fingerprint density at radius 1 is 1.19 bits per heavy atom. The van der Waals surface area contributed by atoms with Crippen molar-refractivity contribution in [3.8, 4) is 11.3 Å². The number of carbonyl (C=O) groups excluding carboxylic acids is 1.